The quantitative estimate of drug-likeness (QED) is 0.717. The number of cyclic esters (lactones) is 1. The van der Waals surface area contributed by atoms with E-state index in [9.17, 15) is 22.8 Å². The third-order valence-electron chi connectivity index (χ3n) is 5.49. The van der Waals surface area contributed by atoms with Crippen LogP contribution in [0.15, 0.2) is 0 Å². The molecule has 0 aromatic carbocycles. The van der Waals surface area contributed by atoms with Crippen LogP contribution in [0.3, 0.4) is 0 Å². The molecule has 3 aliphatic rings. The molecule has 0 aromatic rings. The molecule has 3 atom stereocenters. The van der Waals surface area contributed by atoms with E-state index in [1.165, 1.54) is 32.4 Å². The first kappa shape index (κ1) is 22.4. The predicted octanol–water partition coefficient (Wildman–Crippen LogP) is 1.76. The van der Waals surface area contributed by atoms with Gasteiger partial charge in [0.15, 0.2) is 0 Å². The molecule has 0 aliphatic carbocycles. The van der Waals surface area contributed by atoms with Crippen LogP contribution in [0.25, 0.3) is 0 Å². The Morgan fingerprint density at radius 2 is 1.79 bits per heavy atom. The normalized spacial score (nSPS) is 28.5. The fraction of sp³-hybridized carbons (Fsp3) is 0.833. The number of rotatable bonds is 3. The number of nitrogens with zero attached hydrogens (tertiary/aromatic N) is 2. The predicted molar refractivity (Wildman–Crippen MR) is 92.3 cm³/mol. The zero-order valence-electron chi connectivity index (χ0n) is 15.9. The van der Waals surface area contributed by atoms with Crippen molar-refractivity contribution < 1.29 is 37.4 Å². The van der Waals surface area contributed by atoms with E-state index < -0.39 is 12.1 Å². The molecule has 3 fully saturated rings. The van der Waals surface area contributed by atoms with Crippen molar-refractivity contribution in [2.24, 2.45) is 17.8 Å². The van der Waals surface area contributed by atoms with Crippen molar-refractivity contribution in [3.63, 3.8) is 0 Å². The number of carbonyl (C=O) groups is 3. The highest BCUT2D eigenvalue weighted by Gasteiger charge is 2.41. The van der Waals surface area contributed by atoms with Gasteiger partial charge in [0, 0.05) is 19.6 Å². The van der Waals surface area contributed by atoms with Gasteiger partial charge in [-0.2, -0.15) is 13.2 Å². The van der Waals surface area contributed by atoms with Gasteiger partial charge in [0.2, 0.25) is 5.91 Å². The zero-order valence-corrected chi connectivity index (χ0v) is 15.9. The summed E-state index contributed by atoms with van der Waals surface area (Å²) in [6.07, 6.45) is -0.154. The second-order valence-electron chi connectivity index (χ2n) is 7.63. The van der Waals surface area contributed by atoms with Crippen LogP contribution in [0, 0.1) is 17.8 Å². The van der Waals surface area contributed by atoms with Crippen LogP contribution in [0.4, 0.5) is 13.2 Å². The monoisotopic (exact) mass is 408 g/mol. The van der Waals surface area contributed by atoms with Crippen LogP contribution in [0.2, 0.25) is 0 Å². The molecule has 1 N–H and O–H groups in total. The average molecular weight is 408 g/mol. The lowest BCUT2D eigenvalue weighted by Crippen LogP contribution is -2.46. The van der Waals surface area contributed by atoms with Gasteiger partial charge in [0.1, 0.15) is 6.61 Å². The summed E-state index contributed by atoms with van der Waals surface area (Å²) in [5.74, 6) is -2.81. The van der Waals surface area contributed by atoms with Gasteiger partial charge in [0.25, 0.3) is 0 Å². The van der Waals surface area contributed by atoms with Gasteiger partial charge >= 0.3 is 18.1 Å². The van der Waals surface area contributed by atoms with Gasteiger partial charge in [0.05, 0.1) is 11.8 Å². The number of hydrogen-bond donors (Lipinski definition) is 1. The van der Waals surface area contributed by atoms with Gasteiger partial charge in [-0.15, -0.1) is 0 Å². The number of esters is 1. The molecule has 1 amide bonds. The third kappa shape index (κ3) is 6.08. The first-order valence-electron chi connectivity index (χ1n) is 9.57. The van der Waals surface area contributed by atoms with Crippen molar-refractivity contribution in [3.05, 3.63) is 0 Å². The van der Waals surface area contributed by atoms with Crippen LogP contribution < -0.4 is 0 Å². The van der Waals surface area contributed by atoms with Gasteiger partial charge in [-0.3, -0.25) is 9.59 Å². The van der Waals surface area contributed by atoms with Crippen LogP contribution >= 0.6 is 0 Å². The maximum Gasteiger partial charge on any atom is 0.490 e. The number of carboxylic acid groups (broad SMARTS) is 1. The number of alkyl halides is 3. The second kappa shape index (κ2) is 9.58. The van der Waals surface area contributed by atoms with E-state index in [0.717, 1.165) is 26.1 Å². The van der Waals surface area contributed by atoms with Crippen molar-refractivity contribution in [3.8, 4) is 0 Å². The minimum atomic E-state index is -5.08. The van der Waals surface area contributed by atoms with Crippen LogP contribution in [0.5, 0.6) is 0 Å². The van der Waals surface area contributed by atoms with E-state index in [2.05, 4.69) is 4.90 Å². The number of piperidine rings is 1. The smallest absolute Gasteiger partial charge is 0.475 e. The topological polar surface area (TPSA) is 87.2 Å². The Morgan fingerprint density at radius 1 is 1.18 bits per heavy atom. The number of halogens is 3. The summed E-state index contributed by atoms with van der Waals surface area (Å²) in [6.45, 7) is 7.33. The molecular formula is C18H27F3N2O5. The molecule has 0 spiro atoms. The molecule has 3 rings (SSSR count). The number of hydrogen-bond acceptors (Lipinski definition) is 5. The summed E-state index contributed by atoms with van der Waals surface area (Å²) in [5.41, 5.74) is 0. The summed E-state index contributed by atoms with van der Waals surface area (Å²) in [6, 6.07) is 0. The van der Waals surface area contributed by atoms with E-state index in [1.54, 1.807) is 0 Å². The maximum absolute atomic E-state index is 12.6. The van der Waals surface area contributed by atoms with E-state index in [4.69, 9.17) is 14.6 Å². The van der Waals surface area contributed by atoms with Gasteiger partial charge in [-0.25, -0.2) is 4.79 Å². The molecule has 3 heterocycles. The summed E-state index contributed by atoms with van der Waals surface area (Å²) in [5, 5.41) is 7.12. The summed E-state index contributed by atoms with van der Waals surface area (Å²) >= 11 is 0. The number of carboxylic acids is 1. The first-order chi connectivity index (χ1) is 13.1. The minimum Gasteiger partial charge on any atom is -0.475 e. The van der Waals surface area contributed by atoms with Crippen LogP contribution in [-0.2, 0) is 19.1 Å². The SMILES string of the molecule is CC1C(=O)OCC1C(=O)N1CCCC(CN2CCCC2)C1.O=C(O)C(F)(F)F. The fourth-order valence-electron chi connectivity index (χ4n) is 3.88. The number of carbonyl (C=O) groups excluding carboxylic acids is 2. The number of amides is 1. The fourth-order valence-corrected chi connectivity index (χ4v) is 3.88. The van der Waals surface area contributed by atoms with Gasteiger partial charge in [-0.05, 0) is 44.7 Å². The van der Waals surface area contributed by atoms with Crippen molar-refractivity contribution in [1.82, 2.24) is 9.80 Å². The molecule has 3 aliphatic heterocycles. The second-order valence-corrected chi connectivity index (χ2v) is 7.63. The molecule has 10 heteroatoms. The first-order valence-corrected chi connectivity index (χ1v) is 9.57. The van der Waals surface area contributed by atoms with Crippen LogP contribution in [0.1, 0.15) is 32.6 Å². The van der Waals surface area contributed by atoms with Crippen LogP contribution in [-0.4, -0.2) is 78.3 Å². The highest BCUT2D eigenvalue weighted by atomic mass is 19.4. The zero-order chi connectivity index (χ0) is 20.9. The van der Waals surface area contributed by atoms with E-state index >= 15 is 0 Å². The minimum absolute atomic E-state index is 0.125. The highest BCUT2D eigenvalue weighted by Crippen LogP contribution is 2.27. The molecule has 28 heavy (non-hydrogen) atoms. The Kier molecular flexibility index (Phi) is 7.68. The lowest BCUT2D eigenvalue weighted by Gasteiger charge is -2.36. The van der Waals surface area contributed by atoms with E-state index in [1.807, 2.05) is 11.8 Å². The lowest BCUT2D eigenvalue weighted by atomic mass is 9.92. The molecule has 0 bridgehead atoms. The Balaban J connectivity index is 0.000000345. The molecule has 3 unspecified atom stereocenters. The maximum atomic E-state index is 12.6. The van der Waals surface area contributed by atoms with Gasteiger partial charge < -0.3 is 19.6 Å². The Labute approximate surface area is 161 Å². The Bertz CT molecular complexity index is 578. The summed E-state index contributed by atoms with van der Waals surface area (Å²) in [4.78, 5) is 37.5. The van der Waals surface area contributed by atoms with Crippen molar-refractivity contribution >= 4 is 17.8 Å². The molecule has 0 radical (unpaired) electrons. The molecule has 3 saturated heterocycles. The van der Waals surface area contributed by atoms with Crippen molar-refractivity contribution in [2.75, 3.05) is 39.3 Å². The third-order valence-corrected chi connectivity index (χ3v) is 5.49. The molecule has 0 saturated carbocycles. The van der Waals surface area contributed by atoms with Gasteiger partial charge in [-0.1, -0.05) is 6.92 Å². The number of ether oxygens (including phenoxy) is 1. The largest absolute Gasteiger partial charge is 0.490 e. The number of aliphatic carboxylic acids is 1. The average Bonchev–Trinajstić information content (AvgIpc) is 3.25. The standard InChI is InChI=1S/C16H26N2O3.C2HF3O2/c1-12-14(11-21-16(12)20)15(19)18-8-4-5-13(10-18)9-17-6-2-3-7-17;3-2(4,5)1(6)7/h12-14H,2-11H2,1H3;(H,6,7). The summed E-state index contributed by atoms with van der Waals surface area (Å²) < 4.78 is 36.8. The molecule has 160 valence electrons. The van der Waals surface area contributed by atoms with E-state index in [-0.39, 0.29) is 30.3 Å². The molecule has 7 nitrogen and oxygen atoms in total. The summed E-state index contributed by atoms with van der Waals surface area (Å²) in [7, 11) is 0. The number of likely N-dealkylation sites (tertiary alicyclic amines) is 2. The Morgan fingerprint density at radius 3 is 2.29 bits per heavy atom. The lowest BCUT2D eigenvalue weighted by molar-refractivity contribution is -0.192. The van der Waals surface area contributed by atoms with E-state index in [0.29, 0.717) is 5.92 Å². The molecule has 0 aromatic heterocycles. The Hall–Kier alpha value is -1.84. The van der Waals surface area contributed by atoms with Crippen molar-refractivity contribution in [2.45, 2.75) is 38.8 Å². The highest BCUT2D eigenvalue weighted by molar-refractivity contribution is 5.87. The van der Waals surface area contributed by atoms with Crippen molar-refractivity contribution in [1.29, 1.82) is 0 Å². The molecular weight excluding hydrogens is 381 g/mol.